The lowest BCUT2D eigenvalue weighted by Gasteiger charge is -2.11. The Balaban J connectivity index is 2.42. The molecule has 9 nitrogen and oxygen atoms in total. The zero-order valence-corrected chi connectivity index (χ0v) is 18.0. The zero-order chi connectivity index (χ0) is 23.3. The van der Waals surface area contributed by atoms with Crippen LogP contribution >= 0.6 is 0 Å². The van der Waals surface area contributed by atoms with Gasteiger partial charge in [0.15, 0.2) is 0 Å². The average molecular weight is 437 g/mol. The predicted molar refractivity (Wildman–Crippen MR) is 118 cm³/mol. The molecular formula is C23H23N3O6. The topological polar surface area (TPSA) is 116 Å². The van der Waals surface area contributed by atoms with Crippen molar-refractivity contribution < 1.29 is 28.9 Å². The highest BCUT2D eigenvalue weighted by Gasteiger charge is 2.16. The van der Waals surface area contributed by atoms with Gasteiger partial charge in [-0.1, -0.05) is 76.1 Å². The first kappa shape index (κ1) is 24.1. The van der Waals surface area contributed by atoms with Gasteiger partial charge in [-0.2, -0.15) is 0 Å². The van der Waals surface area contributed by atoms with Gasteiger partial charge in [-0.3, -0.25) is 0 Å². The van der Waals surface area contributed by atoms with Crippen molar-refractivity contribution in [1.29, 1.82) is 0 Å². The summed E-state index contributed by atoms with van der Waals surface area (Å²) in [4.78, 5) is 48.5. The molecule has 0 heterocycles. The molecule has 0 aliphatic heterocycles. The van der Waals surface area contributed by atoms with Crippen LogP contribution in [0.1, 0.15) is 44.7 Å². The molecule has 0 amide bonds. The third kappa shape index (κ3) is 8.70. The van der Waals surface area contributed by atoms with Crippen molar-refractivity contribution in [1.82, 2.24) is 0 Å². The van der Waals surface area contributed by atoms with E-state index in [9.17, 15) is 14.4 Å². The molecular weight excluding hydrogens is 414 g/mol. The fourth-order valence-electron chi connectivity index (χ4n) is 2.52. The standard InChI is InChI=1S/C23H23N3O6/c1-16(27)30-24-21(14-22(25-31-17(2)28)19-10-6-4-7-11-19)15-23(26-32-18(3)29)20-12-8-5-9-13-20/h4-13H,14-15H2,1-3H3/b25-22+,26-23+. The maximum atomic E-state index is 11.4. The Morgan fingerprint density at radius 2 is 0.938 bits per heavy atom. The lowest BCUT2D eigenvalue weighted by atomic mass is 9.99. The van der Waals surface area contributed by atoms with E-state index < -0.39 is 17.9 Å². The molecule has 0 aromatic heterocycles. The van der Waals surface area contributed by atoms with E-state index in [1.54, 1.807) is 48.5 Å². The van der Waals surface area contributed by atoms with Gasteiger partial charge >= 0.3 is 17.9 Å². The van der Waals surface area contributed by atoms with Gasteiger partial charge in [0.2, 0.25) is 0 Å². The lowest BCUT2D eigenvalue weighted by Crippen LogP contribution is -2.17. The van der Waals surface area contributed by atoms with Gasteiger partial charge in [-0.05, 0) is 11.1 Å². The van der Waals surface area contributed by atoms with Crippen LogP contribution in [0.15, 0.2) is 76.1 Å². The number of hydrogen-bond acceptors (Lipinski definition) is 9. The van der Waals surface area contributed by atoms with Gasteiger partial charge in [0.25, 0.3) is 0 Å². The normalized spacial score (nSPS) is 11.3. The number of oxime groups is 3. The Labute approximate surface area is 185 Å². The molecule has 2 rings (SSSR count). The van der Waals surface area contributed by atoms with Gasteiger partial charge < -0.3 is 14.5 Å². The average Bonchev–Trinajstić information content (AvgIpc) is 2.78. The highest BCUT2D eigenvalue weighted by atomic mass is 16.7. The molecule has 0 bridgehead atoms. The number of hydrogen-bond donors (Lipinski definition) is 0. The second kappa shape index (κ2) is 12.5. The molecule has 166 valence electrons. The second-order valence-electron chi connectivity index (χ2n) is 6.57. The summed E-state index contributed by atoms with van der Waals surface area (Å²) in [6.07, 6.45) is 0.132. The number of benzene rings is 2. The van der Waals surface area contributed by atoms with Crippen LogP contribution < -0.4 is 0 Å². The second-order valence-corrected chi connectivity index (χ2v) is 6.57. The summed E-state index contributed by atoms with van der Waals surface area (Å²) in [6, 6.07) is 18.0. The minimum Gasteiger partial charge on any atom is -0.319 e. The number of carbonyl (C=O) groups excluding carboxylic acids is 3. The smallest absolute Gasteiger partial charge is 0.319 e. The first-order valence-electron chi connectivity index (χ1n) is 9.68. The molecule has 2 aromatic carbocycles. The van der Waals surface area contributed by atoms with E-state index in [1.807, 2.05) is 12.1 Å². The summed E-state index contributed by atoms with van der Waals surface area (Å²) < 4.78 is 0. The van der Waals surface area contributed by atoms with Gasteiger partial charge in [-0.15, -0.1) is 0 Å². The van der Waals surface area contributed by atoms with Crippen LogP contribution in [0.25, 0.3) is 0 Å². The zero-order valence-electron chi connectivity index (χ0n) is 18.0. The molecule has 0 N–H and O–H groups in total. The van der Waals surface area contributed by atoms with Crippen LogP contribution in [-0.4, -0.2) is 35.0 Å². The molecule has 0 aliphatic carbocycles. The van der Waals surface area contributed by atoms with E-state index in [-0.39, 0.29) is 12.8 Å². The van der Waals surface area contributed by atoms with Crippen molar-refractivity contribution in [2.75, 3.05) is 0 Å². The number of nitrogens with zero attached hydrogens (tertiary/aromatic N) is 3. The van der Waals surface area contributed by atoms with Crippen molar-refractivity contribution in [3.63, 3.8) is 0 Å². The molecule has 0 spiro atoms. The van der Waals surface area contributed by atoms with Crippen molar-refractivity contribution in [3.05, 3.63) is 71.8 Å². The lowest BCUT2D eigenvalue weighted by molar-refractivity contribution is -0.141. The Morgan fingerprint density at radius 1 is 0.594 bits per heavy atom. The third-order valence-corrected chi connectivity index (χ3v) is 3.83. The van der Waals surface area contributed by atoms with Crippen molar-refractivity contribution in [2.24, 2.45) is 15.5 Å². The minimum absolute atomic E-state index is 0.0660. The van der Waals surface area contributed by atoms with Crippen molar-refractivity contribution in [3.8, 4) is 0 Å². The highest BCUT2D eigenvalue weighted by Crippen LogP contribution is 2.13. The molecule has 0 saturated carbocycles. The first-order valence-corrected chi connectivity index (χ1v) is 9.68. The summed E-state index contributed by atoms with van der Waals surface area (Å²) in [5.74, 6) is -1.78. The molecule has 2 aromatic rings. The van der Waals surface area contributed by atoms with Gasteiger partial charge in [0.05, 0.1) is 17.1 Å². The summed E-state index contributed by atoms with van der Waals surface area (Å²) in [6.45, 7) is 3.69. The first-order chi connectivity index (χ1) is 15.3. The van der Waals surface area contributed by atoms with Crippen LogP contribution in [0, 0.1) is 0 Å². The van der Waals surface area contributed by atoms with E-state index in [2.05, 4.69) is 15.5 Å². The Morgan fingerprint density at radius 3 is 1.28 bits per heavy atom. The molecule has 9 heteroatoms. The van der Waals surface area contributed by atoms with Crippen molar-refractivity contribution >= 4 is 35.0 Å². The minimum atomic E-state index is -0.612. The maximum Gasteiger partial charge on any atom is 0.331 e. The molecule has 0 aliphatic rings. The number of carbonyl (C=O) groups is 3. The van der Waals surface area contributed by atoms with E-state index in [1.165, 1.54) is 20.8 Å². The fourth-order valence-corrected chi connectivity index (χ4v) is 2.52. The SMILES string of the molecule is CC(=O)ON=C(C/C(=N\OC(C)=O)c1ccccc1)C/C(=N\OC(C)=O)c1ccccc1. The summed E-state index contributed by atoms with van der Waals surface area (Å²) in [7, 11) is 0. The largest absolute Gasteiger partial charge is 0.331 e. The molecule has 0 unspecified atom stereocenters. The van der Waals surface area contributed by atoms with Crippen molar-refractivity contribution in [2.45, 2.75) is 33.6 Å². The summed E-state index contributed by atoms with van der Waals surface area (Å²) in [5.41, 5.74) is 2.47. The molecule has 32 heavy (non-hydrogen) atoms. The predicted octanol–water partition coefficient (Wildman–Crippen LogP) is 3.62. The van der Waals surface area contributed by atoms with Gasteiger partial charge in [-0.25, -0.2) is 14.4 Å². The van der Waals surface area contributed by atoms with E-state index in [0.717, 1.165) is 0 Å². The van der Waals surface area contributed by atoms with Crippen LogP contribution in [0.2, 0.25) is 0 Å². The van der Waals surface area contributed by atoms with Crippen LogP contribution in [-0.2, 0) is 28.9 Å². The highest BCUT2D eigenvalue weighted by molar-refractivity contribution is 6.19. The van der Waals surface area contributed by atoms with Crippen LogP contribution in [0.4, 0.5) is 0 Å². The summed E-state index contributed by atoms with van der Waals surface area (Å²) >= 11 is 0. The molecule has 0 saturated heterocycles. The Hall–Kier alpha value is -4.14. The maximum absolute atomic E-state index is 11.4. The Bertz CT molecular complexity index is 957. The molecule has 0 fully saturated rings. The fraction of sp³-hybridized carbons (Fsp3) is 0.217. The molecule has 0 atom stereocenters. The van der Waals surface area contributed by atoms with Crippen LogP contribution in [0.3, 0.4) is 0 Å². The third-order valence-electron chi connectivity index (χ3n) is 3.83. The van der Waals surface area contributed by atoms with E-state index in [0.29, 0.717) is 28.3 Å². The van der Waals surface area contributed by atoms with E-state index in [4.69, 9.17) is 14.5 Å². The monoisotopic (exact) mass is 437 g/mol. The van der Waals surface area contributed by atoms with E-state index >= 15 is 0 Å². The molecule has 0 radical (unpaired) electrons. The Kier molecular flexibility index (Phi) is 9.45. The number of rotatable bonds is 9. The summed E-state index contributed by atoms with van der Waals surface area (Å²) in [5, 5.41) is 11.8. The van der Waals surface area contributed by atoms with Gasteiger partial charge in [0.1, 0.15) is 0 Å². The quantitative estimate of drug-likeness (QED) is 0.336. The van der Waals surface area contributed by atoms with Crippen LogP contribution in [0.5, 0.6) is 0 Å². The van der Waals surface area contributed by atoms with Gasteiger partial charge in [0, 0.05) is 33.6 Å².